The molecule has 8 nitrogen and oxygen atoms in total. The SMILES string of the molecule is COc1cccc(OC)c1-c1c2nc(cc3ccc([nH]3)c(-c3c(OC)cccc3OC)c3nc(cc4ccc1[nH]4)C=C3)C=C2. The fourth-order valence-electron chi connectivity index (χ4n) is 5.79. The van der Waals surface area contributed by atoms with Gasteiger partial charge in [0.15, 0.2) is 0 Å². The van der Waals surface area contributed by atoms with Crippen molar-refractivity contribution in [2.75, 3.05) is 28.4 Å². The quantitative estimate of drug-likeness (QED) is 0.206. The molecule has 5 aromatic rings. The highest BCUT2D eigenvalue weighted by Crippen LogP contribution is 2.44. The average molecular weight is 583 g/mol. The summed E-state index contributed by atoms with van der Waals surface area (Å²) in [6, 6.07) is 23.7. The van der Waals surface area contributed by atoms with Crippen LogP contribution in [-0.2, 0) is 0 Å². The topological polar surface area (TPSA) is 94.3 Å². The van der Waals surface area contributed by atoms with Crippen molar-refractivity contribution in [2.24, 2.45) is 0 Å². The minimum atomic E-state index is 0.689. The number of ether oxygens (including phenoxy) is 4. The zero-order valence-electron chi connectivity index (χ0n) is 24.8. The van der Waals surface area contributed by atoms with Crippen LogP contribution in [0.3, 0.4) is 0 Å². The van der Waals surface area contributed by atoms with Gasteiger partial charge in [-0.25, -0.2) is 9.97 Å². The summed E-state index contributed by atoms with van der Waals surface area (Å²) in [5, 5.41) is 0. The first kappa shape index (κ1) is 27.1. The third-order valence-electron chi connectivity index (χ3n) is 7.75. The lowest BCUT2D eigenvalue weighted by Gasteiger charge is -2.14. The zero-order chi connectivity index (χ0) is 30.2. The molecular weight excluding hydrogens is 552 g/mol. The highest BCUT2D eigenvalue weighted by atomic mass is 16.5. The van der Waals surface area contributed by atoms with Crippen molar-refractivity contribution in [3.05, 3.63) is 95.6 Å². The Hall–Kier alpha value is -5.76. The molecule has 5 heterocycles. The Morgan fingerprint density at radius 3 is 1.20 bits per heavy atom. The van der Waals surface area contributed by atoms with Crippen LogP contribution in [0.1, 0.15) is 22.8 Å². The molecule has 0 saturated carbocycles. The van der Waals surface area contributed by atoms with E-state index in [4.69, 9.17) is 28.9 Å². The van der Waals surface area contributed by atoms with Crippen LogP contribution in [0.15, 0.2) is 72.8 Å². The lowest BCUT2D eigenvalue weighted by atomic mass is 10.0. The number of H-pyrrole nitrogens is 2. The molecule has 3 aromatic heterocycles. The Morgan fingerprint density at radius 1 is 0.455 bits per heavy atom. The van der Waals surface area contributed by atoms with Gasteiger partial charge in [0, 0.05) is 33.2 Å². The Balaban J connectivity index is 1.59. The molecule has 0 unspecified atom stereocenters. The van der Waals surface area contributed by atoms with Gasteiger partial charge >= 0.3 is 0 Å². The molecule has 0 radical (unpaired) electrons. The second-order valence-corrected chi connectivity index (χ2v) is 10.3. The van der Waals surface area contributed by atoms with Crippen molar-refractivity contribution in [3.8, 4) is 45.3 Å². The van der Waals surface area contributed by atoms with Crippen LogP contribution < -0.4 is 18.9 Å². The smallest absolute Gasteiger partial charge is 0.130 e. The maximum atomic E-state index is 5.80. The molecule has 44 heavy (non-hydrogen) atoms. The van der Waals surface area contributed by atoms with E-state index < -0.39 is 0 Å². The summed E-state index contributed by atoms with van der Waals surface area (Å²) in [6.45, 7) is 0. The van der Waals surface area contributed by atoms with Crippen LogP contribution in [-0.4, -0.2) is 48.4 Å². The monoisotopic (exact) mass is 582 g/mol. The molecule has 0 saturated heterocycles. The van der Waals surface area contributed by atoms with Crippen molar-refractivity contribution in [3.63, 3.8) is 0 Å². The number of aromatic amines is 2. The van der Waals surface area contributed by atoms with E-state index in [-0.39, 0.29) is 0 Å². The molecular formula is C36H30N4O4. The van der Waals surface area contributed by atoms with E-state index in [0.29, 0.717) is 23.0 Å². The third-order valence-corrected chi connectivity index (χ3v) is 7.75. The molecule has 8 bridgehead atoms. The van der Waals surface area contributed by atoms with Crippen LogP contribution in [0.4, 0.5) is 0 Å². The van der Waals surface area contributed by atoms with Crippen LogP contribution in [0.2, 0.25) is 0 Å². The number of hydrogen-bond donors (Lipinski definition) is 2. The maximum Gasteiger partial charge on any atom is 0.130 e. The summed E-state index contributed by atoms with van der Waals surface area (Å²) in [4.78, 5) is 17.2. The first-order valence-corrected chi connectivity index (χ1v) is 14.1. The van der Waals surface area contributed by atoms with Gasteiger partial charge in [0.2, 0.25) is 0 Å². The van der Waals surface area contributed by atoms with Crippen LogP contribution in [0.25, 0.3) is 68.6 Å². The van der Waals surface area contributed by atoms with Gasteiger partial charge in [0.05, 0.1) is 62.3 Å². The number of nitrogens with zero attached hydrogens (tertiary/aromatic N) is 2. The Morgan fingerprint density at radius 2 is 0.841 bits per heavy atom. The molecule has 0 amide bonds. The summed E-state index contributed by atoms with van der Waals surface area (Å²) in [5.74, 6) is 2.75. The Labute approximate surface area is 254 Å². The average Bonchev–Trinajstić information content (AvgIpc) is 3.88. The molecule has 0 fully saturated rings. The van der Waals surface area contributed by atoms with E-state index in [2.05, 4.69) is 9.97 Å². The standard InChI is InChI=1S/C36H30N4O4/c1-41-29-7-5-8-30(42-2)35(29)33-25-15-11-21(37-25)19-23-13-17-27(39-23)34(36-31(43-3)9-6-10-32(36)44-4)28-18-14-24(40-28)20-22-12-16-26(33)38-22/h5-20,37,40H,1-4H3. The number of aromatic nitrogens is 4. The van der Waals surface area contributed by atoms with E-state index in [1.54, 1.807) is 28.4 Å². The Bertz CT molecular complexity index is 1940. The van der Waals surface area contributed by atoms with Crippen molar-refractivity contribution in [2.45, 2.75) is 0 Å². The van der Waals surface area contributed by atoms with Crippen molar-refractivity contribution in [1.29, 1.82) is 0 Å². The van der Waals surface area contributed by atoms with Gasteiger partial charge in [0.1, 0.15) is 23.0 Å². The number of fused-ring (bicyclic) bond motifs is 8. The van der Waals surface area contributed by atoms with Gasteiger partial charge in [-0.3, -0.25) is 0 Å². The van der Waals surface area contributed by atoms with E-state index in [1.807, 2.05) is 97.1 Å². The molecule has 2 N–H and O–H groups in total. The van der Waals surface area contributed by atoms with Gasteiger partial charge in [-0.15, -0.1) is 0 Å². The fourth-order valence-corrected chi connectivity index (χ4v) is 5.79. The summed E-state index contributed by atoms with van der Waals surface area (Å²) >= 11 is 0. The summed E-state index contributed by atoms with van der Waals surface area (Å²) < 4.78 is 23.2. The molecule has 8 heteroatoms. The number of hydrogen-bond acceptors (Lipinski definition) is 6. The molecule has 2 aliphatic heterocycles. The van der Waals surface area contributed by atoms with Crippen LogP contribution in [0.5, 0.6) is 23.0 Å². The van der Waals surface area contributed by atoms with Gasteiger partial charge in [-0.05, 0) is 85.0 Å². The summed E-state index contributed by atoms with van der Waals surface area (Å²) in [7, 11) is 6.64. The number of methoxy groups -OCH3 is 4. The molecule has 2 aliphatic rings. The summed E-state index contributed by atoms with van der Waals surface area (Å²) in [6.07, 6.45) is 8.04. The largest absolute Gasteiger partial charge is 0.496 e. The van der Waals surface area contributed by atoms with Gasteiger partial charge in [-0.1, -0.05) is 12.1 Å². The number of benzene rings is 2. The minimum absolute atomic E-state index is 0.689. The predicted molar refractivity (Wildman–Crippen MR) is 176 cm³/mol. The molecule has 7 rings (SSSR count). The first-order valence-electron chi connectivity index (χ1n) is 14.1. The van der Waals surface area contributed by atoms with Gasteiger partial charge < -0.3 is 28.9 Å². The van der Waals surface area contributed by atoms with Crippen LogP contribution >= 0.6 is 0 Å². The van der Waals surface area contributed by atoms with Crippen LogP contribution in [0, 0.1) is 0 Å². The van der Waals surface area contributed by atoms with Crippen molar-refractivity contribution < 1.29 is 18.9 Å². The lowest BCUT2D eigenvalue weighted by Crippen LogP contribution is -1.95. The van der Waals surface area contributed by atoms with Crippen molar-refractivity contribution >= 4 is 46.4 Å². The first-order chi connectivity index (χ1) is 21.6. The van der Waals surface area contributed by atoms with E-state index in [0.717, 1.165) is 67.1 Å². The predicted octanol–water partition coefficient (Wildman–Crippen LogP) is 8.02. The second-order valence-electron chi connectivity index (χ2n) is 10.3. The second kappa shape index (κ2) is 11.1. The molecule has 0 atom stereocenters. The van der Waals surface area contributed by atoms with E-state index >= 15 is 0 Å². The fraction of sp³-hybridized carbons (Fsp3) is 0.111. The third kappa shape index (κ3) is 4.66. The summed E-state index contributed by atoms with van der Waals surface area (Å²) in [5.41, 5.74) is 10.1. The maximum absolute atomic E-state index is 5.80. The lowest BCUT2D eigenvalue weighted by molar-refractivity contribution is 0.397. The molecule has 218 valence electrons. The van der Waals surface area contributed by atoms with E-state index in [1.165, 1.54) is 0 Å². The number of rotatable bonds is 6. The molecule has 0 aliphatic carbocycles. The minimum Gasteiger partial charge on any atom is -0.496 e. The highest BCUT2D eigenvalue weighted by molar-refractivity contribution is 5.97. The van der Waals surface area contributed by atoms with Crippen molar-refractivity contribution in [1.82, 2.24) is 19.9 Å². The van der Waals surface area contributed by atoms with Gasteiger partial charge in [-0.2, -0.15) is 0 Å². The molecule has 0 spiro atoms. The van der Waals surface area contributed by atoms with Gasteiger partial charge in [0.25, 0.3) is 0 Å². The Kier molecular flexibility index (Phi) is 6.86. The highest BCUT2D eigenvalue weighted by Gasteiger charge is 2.21. The number of nitrogens with one attached hydrogen (secondary N) is 2. The zero-order valence-corrected chi connectivity index (χ0v) is 24.8. The normalized spacial score (nSPS) is 11.9. The van der Waals surface area contributed by atoms with E-state index in [9.17, 15) is 0 Å². The molecule has 2 aromatic carbocycles.